The van der Waals surface area contributed by atoms with Gasteiger partial charge < -0.3 is 0 Å². The molecule has 1 aromatic heterocycles. The van der Waals surface area contributed by atoms with Crippen LogP contribution in [0.2, 0.25) is 0 Å². The van der Waals surface area contributed by atoms with Crippen LogP contribution in [-0.2, 0) is 6.42 Å². The van der Waals surface area contributed by atoms with Crippen LogP contribution in [0.1, 0.15) is 38.1 Å². The first-order chi connectivity index (χ1) is 6.68. The molecule has 2 rings (SSSR count). The Morgan fingerprint density at radius 2 is 2.14 bits per heavy atom. The Hall–Kier alpha value is -1.31. The molecule has 1 aromatic rings. The van der Waals surface area contributed by atoms with Gasteiger partial charge in [0.05, 0.1) is 11.9 Å². The molecule has 1 aliphatic carbocycles. The highest BCUT2D eigenvalue weighted by Gasteiger charge is 2.10. The van der Waals surface area contributed by atoms with Gasteiger partial charge in [0.2, 0.25) is 0 Å². The van der Waals surface area contributed by atoms with E-state index in [9.17, 15) is 0 Å². The smallest absolute Gasteiger partial charge is 0.0648 e. The van der Waals surface area contributed by atoms with Crippen molar-refractivity contribution < 1.29 is 0 Å². The zero-order valence-corrected chi connectivity index (χ0v) is 8.99. The van der Waals surface area contributed by atoms with Crippen LogP contribution in [0.3, 0.4) is 0 Å². The van der Waals surface area contributed by atoms with Crippen molar-refractivity contribution in [2.45, 2.75) is 33.2 Å². The molecule has 14 heavy (non-hydrogen) atoms. The summed E-state index contributed by atoms with van der Waals surface area (Å²) in [5.74, 6) is 0. The maximum Gasteiger partial charge on any atom is 0.0648 e. The number of hydrogen-bond acceptors (Lipinski definition) is 1. The van der Waals surface area contributed by atoms with Crippen molar-refractivity contribution in [3.05, 3.63) is 35.2 Å². The molecule has 1 aliphatic rings. The Bertz CT molecular complexity index is 394. The third kappa shape index (κ3) is 1.52. The molecule has 0 saturated carbocycles. The standard InChI is InChI=1S/C12H16N2/c1-9(2)14-12-7-5-10(3)4-6-11(12)8-13-14/h4-5,7-9H,6H2,1-3H3. The van der Waals surface area contributed by atoms with Gasteiger partial charge in [-0.3, -0.25) is 4.68 Å². The molecule has 0 atom stereocenters. The fourth-order valence-corrected chi connectivity index (χ4v) is 1.71. The molecule has 1 heterocycles. The second kappa shape index (κ2) is 3.45. The lowest BCUT2D eigenvalue weighted by atomic mass is 10.2. The van der Waals surface area contributed by atoms with Gasteiger partial charge in [0.25, 0.3) is 0 Å². The summed E-state index contributed by atoms with van der Waals surface area (Å²) in [4.78, 5) is 0. The minimum atomic E-state index is 0.432. The van der Waals surface area contributed by atoms with Gasteiger partial charge in [-0.2, -0.15) is 5.10 Å². The minimum absolute atomic E-state index is 0.432. The van der Waals surface area contributed by atoms with Gasteiger partial charge >= 0.3 is 0 Å². The molecule has 0 spiro atoms. The van der Waals surface area contributed by atoms with Gasteiger partial charge in [-0.25, -0.2) is 0 Å². The zero-order valence-electron chi connectivity index (χ0n) is 8.99. The van der Waals surface area contributed by atoms with Crippen molar-refractivity contribution in [1.29, 1.82) is 0 Å². The summed E-state index contributed by atoms with van der Waals surface area (Å²) in [6, 6.07) is 0.432. The second-order valence-corrected chi connectivity index (χ2v) is 4.08. The predicted molar refractivity (Wildman–Crippen MR) is 59.1 cm³/mol. The van der Waals surface area contributed by atoms with Crippen LogP contribution in [0, 0.1) is 0 Å². The molecule has 0 amide bonds. The van der Waals surface area contributed by atoms with Gasteiger partial charge in [-0.05, 0) is 33.3 Å². The van der Waals surface area contributed by atoms with Crippen molar-refractivity contribution in [3.63, 3.8) is 0 Å². The molecule has 0 unspecified atom stereocenters. The molecule has 0 radical (unpaired) electrons. The molecule has 0 aliphatic heterocycles. The van der Waals surface area contributed by atoms with Gasteiger partial charge in [-0.1, -0.05) is 17.7 Å². The van der Waals surface area contributed by atoms with Gasteiger partial charge in [-0.15, -0.1) is 0 Å². The summed E-state index contributed by atoms with van der Waals surface area (Å²) in [7, 11) is 0. The van der Waals surface area contributed by atoms with E-state index in [0.717, 1.165) is 6.42 Å². The lowest BCUT2D eigenvalue weighted by Gasteiger charge is -2.08. The topological polar surface area (TPSA) is 17.8 Å². The molecule has 0 fully saturated rings. The van der Waals surface area contributed by atoms with E-state index in [1.165, 1.54) is 16.8 Å². The molecular weight excluding hydrogens is 172 g/mol. The van der Waals surface area contributed by atoms with Crippen LogP contribution in [0.4, 0.5) is 0 Å². The maximum absolute atomic E-state index is 4.40. The molecule has 0 bridgehead atoms. The normalized spacial score (nSPS) is 15.3. The van der Waals surface area contributed by atoms with Gasteiger partial charge in [0.1, 0.15) is 0 Å². The van der Waals surface area contributed by atoms with Crippen LogP contribution in [0.25, 0.3) is 6.08 Å². The Balaban J connectivity index is 2.46. The number of fused-ring (bicyclic) bond motifs is 1. The first-order valence-corrected chi connectivity index (χ1v) is 5.09. The third-order valence-corrected chi connectivity index (χ3v) is 2.55. The average Bonchev–Trinajstić information content (AvgIpc) is 2.46. The molecular formula is C12H16N2. The largest absolute Gasteiger partial charge is 0.263 e. The lowest BCUT2D eigenvalue weighted by molar-refractivity contribution is 0.528. The van der Waals surface area contributed by atoms with E-state index in [2.05, 4.69) is 48.8 Å². The monoisotopic (exact) mass is 188 g/mol. The number of aromatic nitrogens is 2. The summed E-state index contributed by atoms with van der Waals surface area (Å²) in [6.07, 6.45) is 9.55. The van der Waals surface area contributed by atoms with Crippen molar-refractivity contribution in [1.82, 2.24) is 9.78 Å². The Kier molecular flexibility index (Phi) is 2.28. The maximum atomic E-state index is 4.40. The van der Waals surface area contributed by atoms with Crippen LogP contribution in [-0.4, -0.2) is 9.78 Å². The van der Waals surface area contributed by atoms with E-state index in [0.29, 0.717) is 6.04 Å². The SMILES string of the molecule is CC1=CCc2cnn(C(C)C)c2C=C1. The predicted octanol–water partition coefficient (Wildman–Crippen LogP) is 2.98. The van der Waals surface area contributed by atoms with Crippen LogP contribution in [0.15, 0.2) is 23.9 Å². The minimum Gasteiger partial charge on any atom is -0.263 e. The fourth-order valence-electron chi connectivity index (χ4n) is 1.71. The van der Waals surface area contributed by atoms with E-state index < -0.39 is 0 Å². The molecule has 74 valence electrons. The third-order valence-electron chi connectivity index (χ3n) is 2.55. The number of nitrogens with zero attached hydrogens (tertiary/aromatic N) is 2. The van der Waals surface area contributed by atoms with E-state index >= 15 is 0 Å². The van der Waals surface area contributed by atoms with E-state index in [1.54, 1.807) is 0 Å². The molecule has 2 nitrogen and oxygen atoms in total. The Morgan fingerprint density at radius 3 is 2.86 bits per heavy atom. The van der Waals surface area contributed by atoms with E-state index in [4.69, 9.17) is 0 Å². The lowest BCUT2D eigenvalue weighted by Crippen LogP contribution is -2.05. The van der Waals surface area contributed by atoms with Crippen LogP contribution >= 0.6 is 0 Å². The first-order valence-electron chi connectivity index (χ1n) is 5.09. The van der Waals surface area contributed by atoms with Crippen molar-refractivity contribution in [3.8, 4) is 0 Å². The summed E-state index contributed by atoms with van der Waals surface area (Å²) in [6.45, 7) is 6.45. The van der Waals surface area contributed by atoms with Gasteiger partial charge in [0, 0.05) is 11.6 Å². The highest BCUT2D eigenvalue weighted by Crippen LogP contribution is 2.20. The number of hydrogen-bond donors (Lipinski definition) is 0. The molecule has 0 N–H and O–H groups in total. The highest BCUT2D eigenvalue weighted by molar-refractivity contribution is 5.55. The molecule has 0 saturated heterocycles. The summed E-state index contributed by atoms with van der Waals surface area (Å²) in [5.41, 5.74) is 3.91. The fraction of sp³-hybridized carbons (Fsp3) is 0.417. The Labute approximate surface area is 84.9 Å². The highest BCUT2D eigenvalue weighted by atomic mass is 15.3. The first kappa shape index (κ1) is 9.25. The zero-order chi connectivity index (χ0) is 10.1. The number of allylic oxidation sites excluding steroid dienone is 3. The summed E-state index contributed by atoms with van der Waals surface area (Å²) in [5, 5.41) is 4.40. The molecule has 0 aromatic carbocycles. The second-order valence-electron chi connectivity index (χ2n) is 4.08. The van der Waals surface area contributed by atoms with E-state index in [1.807, 2.05) is 6.20 Å². The summed E-state index contributed by atoms with van der Waals surface area (Å²) < 4.78 is 2.08. The van der Waals surface area contributed by atoms with Crippen molar-refractivity contribution in [2.24, 2.45) is 0 Å². The van der Waals surface area contributed by atoms with Crippen LogP contribution < -0.4 is 0 Å². The number of rotatable bonds is 1. The summed E-state index contributed by atoms with van der Waals surface area (Å²) >= 11 is 0. The Morgan fingerprint density at radius 1 is 1.36 bits per heavy atom. The van der Waals surface area contributed by atoms with Gasteiger partial charge in [0.15, 0.2) is 0 Å². The van der Waals surface area contributed by atoms with Crippen LogP contribution in [0.5, 0.6) is 0 Å². The molecule has 2 heteroatoms. The quantitative estimate of drug-likeness (QED) is 0.662. The van der Waals surface area contributed by atoms with Crippen molar-refractivity contribution in [2.75, 3.05) is 0 Å². The van der Waals surface area contributed by atoms with E-state index in [-0.39, 0.29) is 0 Å². The van der Waals surface area contributed by atoms with Crippen molar-refractivity contribution >= 4 is 6.08 Å². The average molecular weight is 188 g/mol.